The van der Waals surface area contributed by atoms with Gasteiger partial charge < -0.3 is 4.79 Å². The van der Waals surface area contributed by atoms with Gasteiger partial charge in [-0.3, -0.25) is 4.79 Å². The predicted octanol–water partition coefficient (Wildman–Crippen LogP) is 4.31. The van der Waals surface area contributed by atoms with Crippen LogP contribution in [0.2, 0.25) is 0 Å². The van der Waals surface area contributed by atoms with Gasteiger partial charge in [0.15, 0.2) is 0 Å². The summed E-state index contributed by atoms with van der Waals surface area (Å²) in [4.78, 5) is 22.6. The molecule has 0 amide bonds. The number of carbonyl (C=O) groups is 2. The summed E-state index contributed by atoms with van der Waals surface area (Å²) in [7, 11) is 0. The summed E-state index contributed by atoms with van der Waals surface area (Å²) in [5.41, 5.74) is -0.144. The van der Waals surface area contributed by atoms with Crippen LogP contribution in [0.5, 0.6) is 0 Å². The summed E-state index contributed by atoms with van der Waals surface area (Å²) in [6.45, 7) is 7.77. The molecule has 0 aliphatic carbocycles. The van der Waals surface area contributed by atoms with Crippen LogP contribution in [0.15, 0.2) is 0 Å². The molecule has 0 bridgehead atoms. The fourth-order valence-electron chi connectivity index (χ4n) is 1.73. The molecule has 0 rings (SSSR count). The molecule has 0 aliphatic heterocycles. The van der Waals surface area contributed by atoms with E-state index in [0.717, 1.165) is 38.5 Å². The molecule has 0 N–H and O–H groups in total. The van der Waals surface area contributed by atoms with Crippen molar-refractivity contribution in [3.63, 3.8) is 0 Å². The van der Waals surface area contributed by atoms with Crippen molar-refractivity contribution < 1.29 is 9.59 Å². The minimum Gasteiger partial charge on any atom is -0.300 e. The highest BCUT2D eigenvalue weighted by molar-refractivity contribution is 5.83. The van der Waals surface area contributed by atoms with Crippen molar-refractivity contribution in [3.05, 3.63) is 0 Å². The average Bonchev–Trinajstić information content (AvgIpc) is 2.27. The van der Waals surface area contributed by atoms with E-state index in [0.29, 0.717) is 18.6 Å². The number of Topliss-reactive ketones (excluding diaryl/α,β-unsaturated/α-hetero) is 2. The first-order valence-corrected chi connectivity index (χ1v) is 6.93. The van der Waals surface area contributed by atoms with Crippen molar-refractivity contribution in [1.29, 1.82) is 0 Å². The van der Waals surface area contributed by atoms with Gasteiger partial charge in [0.1, 0.15) is 11.6 Å². The van der Waals surface area contributed by atoms with Crippen LogP contribution in [0.3, 0.4) is 0 Å². The van der Waals surface area contributed by atoms with Gasteiger partial charge in [-0.25, -0.2) is 0 Å². The van der Waals surface area contributed by atoms with E-state index in [1.165, 1.54) is 0 Å². The van der Waals surface area contributed by atoms with Crippen molar-refractivity contribution in [2.45, 2.75) is 79.1 Å². The SMILES string of the molecule is CCC(C)(C)C(=O)CCCCCCCC(C)=O. The second kappa shape index (κ2) is 8.43. The number of rotatable bonds is 10. The van der Waals surface area contributed by atoms with Crippen molar-refractivity contribution in [1.82, 2.24) is 0 Å². The van der Waals surface area contributed by atoms with Crippen LogP contribution < -0.4 is 0 Å². The Hall–Kier alpha value is -0.660. The van der Waals surface area contributed by atoms with E-state index in [1.54, 1.807) is 6.92 Å². The molecule has 0 aromatic rings. The summed E-state index contributed by atoms with van der Waals surface area (Å²) < 4.78 is 0. The third kappa shape index (κ3) is 8.12. The van der Waals surface area contributed by atoms with Gasteiger partial charge in [-0.1, -0.05) is 40.0 Å². The van der Waals surface area contributed by atoms with Gasteiger partial charge in [0.25, 0.3) is 0 Å². The first-order valence-electron chi connectivity index (χ1n) is 6.93. The van der Waals surface area contributed by atoms with Gasteiger partial charge in [-0.2, -0.15) is 0 Å². The molecule has 0 radical (unpaired) electrons. The molecule has 0 saturated carbocycles. The summed E-state index contributed by atoms with van der Waals surface area (Å²) in [5.74, 6) is 0.675. The van der Waals surface area contributed by atoms with Crippen LogP contribution in [0, 0.1) is 5.41 Å². The van der Waals surface area contributed by atoms with Crippen LogP contribution >= 0.6 is 0 Å². The molecule has 0 unspecified atom stereocenters. The molecular weight excluding hydrogens is 212 g/mol. The van der Waals surface area contributed by atoms with Crippen molar-refractivity contribution >= 4 is 11.6 Å². The Bertz CT molecular complexity index is 241. The average molecular weight is 240 g/mol. The Kier molecular flexibility index (Phi) is 8.11. The topological polar surface area (TPSA) is 34.1 Å². The van der Waals surface area contributed by atoms with E-state index in [-0.39, 0.29) is 11.2 Å². The van der Waals surface area contributed by atoms with E-state index in [1.807, 2.05) is 13.8 Å². The van der Waals surface area contributed by atoms with E-state index >= 15 is 0 Å². The number of hydrogen-bond acceptors (Lipinski definition) is 2. The second-order valence-electron chi connectivity index (χ2n) is 5.63. The Morgan fingerprint density at radius 3 is 1.82 bits per heavy atom. The molecule has 0 heterocycles. The molecule has 17 heavy (non-hydrogen) atoms. The van der Waals surface area contributed by atoms with Crippen LogP contribution in [0.4, 0.5) is 0 Å². The Labute approximate surface area is 106 Å². The molecule has 0 spiro atoms. The number of unbranched alkanes of at least 4 members (excludes halogenated alkanes) is 4. The van der Waals surface area contributed by atoms with Gasteiger partial charge in [0, 0.05) is 18.3 Å². The molecule has 0 aromatic carbocycles. The smallest absolute Gasteiger partial charge is 0.138 e. The normalized spacial score (nSPS) is 11.5. The summed E-state index contributed by atoms with van der Waals surface area (Å²) in [6, 6.07) is 0. The minimum atomic E-state index is -0.144. The Morgan fingerprint density at radius 1 is 0.882 bits per heavy atom. The third-order valence-corrected chi connectivity index (χ3v) is 3.57. The molecular formula is C15H28O2. The standard InChI is InChI=1S/C15H28O2/c1-5-15(3,4)14(17)12-10-8-6-7-9-11-13(2)16/h5-12H2,1-4H3. The zero-order valence-corrected chi connectivity index (χ0v) is 12.0. The van der Waals surface area contributed by atoms with Gasteiger partial charge >= 0.3 is 0 Å². The van der Waals surface area contributed by atoms with Crippen LogP contribution in [-0.2, 0) is 9.59 Å². The zero-order chi connectivity index (χ0) is 13.3. The third-order valence-electron chi connectivity index (χ3n) is 3.57. The number of hydrogen-bond donors (Lipinski definition) is 0. The lowest BCUT2D eigenvalue weighted by Gasteiger charge is -2.20. The molecule has 0 fully saturated rings. The monoisotopic (exact) mass is 240 g/mol. The van der Waals surface area contributed by atoms with Gasteiger partial charge in [-0.15, -0.1) is 0 Å². The maximum Gasteiger partial charge on any atom is 0.138 e. The number of ketones is 2. The van der Waals surface area contributed by atoms with Gasteiger partial charge in [0.2, 0.25) is 0 Å². The largest absolute Gasteiger partial charge is 0.300 e. The first-order chi connectivity index (χ1) is 7.90. The molecule has 0 aromatic heterocycles. The molecule has 0 atom stereocenters. The van der Waals surface area contributed by atoms with Crippen molar-refractivity contribution in [2.75, 3.05) is 0 Å². The highest BCUT2D eigenvalue weighted by Gasteiger charge is 2.23. The fraction of sp³-hybridized carbons (Fsp3) is 0.867. The van der Waals surface area contributed by atoms with Gasteiger partial charge in [-0.05, 0) is 26.2 Å². The summed E-state index contributed by atoms with van der Waals surface area (Å²) >= 11 is 0. The van der Waals surface area contributed by atoms with E-state index in [2.05, 4.69) is 6.92 Å². The Morgan fingerprint density at radius 2 is 1.35 bits per heavy atom. The summed E-state index contributed by atoms with van der Waals surface area (Å²) in [5, 5.41) is 0. The minimum absolute atomic E-state index is 0.144. The highest BCUT2D eigenvalue weighted by Crippen LogP contribution is 2.24. The first kappa shape index (κ1) is 16.3. The van der Waals surface area contributed by atoms with Crippen LogP contribution in [0.25, 0.3) is 0 Å². The lowest BCUT2D eigenvalue weighted by Crippen LogP contribution is -2.22. The van der Waals surface area contributed by atoms with E-state index < -0.39 is 0 Å². The zero-order valence-electron chi connectivity index (χ0n) is 12.0. The molecule has 2 nitrogen and oxygen atoms in total. The molecule has 100 valence electrons. The fourth-order valence-corrected chi connectivity index (χ4v) is 1.73. The summed E-state index contributed by atoms with van der Waals surface area (Å²) in [6.07, 6.45) is 7.73. The highest BCUT2D eigenvalue weighted by atomic mass is 16.1. The van der Waals surface area contributed by atoms with E-state index in [9.17, 15) is 9.59 Å². The quantitative estimate of drug-likeness (QED) is 0.533. The van der Waals surface area contributed by atoms with Crippen LogP contribution in [-0.4, -0.2) is 11.6 Å². The molecule has 0 aliphatic rings. The molecule has 2 heteroatoms. The van der Waals surface area contributed by atoms with Crippen LogP contribution in [0.1, 0.15) is 79.1 Å². The maximum absolute atomic E-state index is 11.8. The maximum atomic E-state index is 11.8. The van der Waals surface area contributed by atoms with Crippen molar-refractivity contribution in [3.8, 4) is 0 Å². The number of carbonyl (C=O) groups excluding carboxylic acids is 2. The Balaban J connectivity index is 3.46. The van der Waals surface area contributed by atoms with Crippen molar-refractivity contribution in [2.24, 2.45) is 5.41 Å². The predicted molar refractivity (Wildman–Crippen MR) is 72.1 cm³/mol. The lowest BCUT2D eigenvalue weighted by molar-refractivity contribution is -0.127. The molecule has 0 saturated heterocycles. The van der Waals surface area contributed by atoms with E-state index in [4.69, 9.17) is 0 Å². The lowest BCUT2D eigenvalue weighted by atomic mass is 9.83. The second-order valence-corrected chi connectivity index (χ2v) is 5.63. The van der Waals surface area contributed by atoms with Gasteiger partial charge in [0.05, 0.1) is 0 Å².